The second-order valence-electron chi connectivity index (χ2n) is 6.21. The minimum Gasteiger partial charge on any atom is -0.323 e. The highest BCUT2D eigenvalue weighted by Crippen LogP contribution is 2.21. The van der Waals surface area contributed by atoms with Crippen LogP contribution >= 0.6 is 0 Å². The van der Waals surface area contributed by atoms with Gasteiger partial charge in [-0.25, -0.2) is 0 Å². The maximum atomic E-state index is 6.32. The maximum Gasteiger partial charge on any atom is 0.0424 e. The summed E-state index contributed by atoms with van der Waals surface area (Å²) in [4.78, 5) is 2.31. The molecule has 0 aliphatic carbocycles. The summed E-state index contributed by atoms with van der Waals surface area (Å²) in [6.07, 6.45) is 0. The highest BCUT2D eigenvalue weighted by molar-refractivity contribution is 5.63. The number of hydrogen-bond donors (Lipinski definition) is 1. The number of benzene rings is 2. The van der Waals surface area contributed by atoms with Crippen molar-refractivity contribution in [1.82, 2.24) is 4.90 Å². The lowest BCUT2D eigenvalue weighted by Gasteiger charge is -2.23. The Morgan fingerprint density at radius 3 is 2.00 bits per heavy atom. The Morgan fingerprint density at radius 2 is 1.43 bits per heavy atom. The van der Waals surface area contributed by atoms with Crippen molar-refractivity contribution >= 4 is 0 Å². The number of rotatable bonds is 6. The third-order valence-corrected chi connectivity index (χ3v) is 3.63. The molecule has 0 aliphatic rings. The summed E-state index contributed by atoms with van der Waals surface area (Å²) in [5.41, 5.74) is 10.0. The van der Waals surface area contributed by atoms with Gasteiger partial charge >= 0.3 is 0 Å². The summed E-state index contributed by atoms with van der Waals surface area (Å²) >= 11 is 0. The summed E-state index contributed by atoms with van der Waals surface area (Å²) in [5.74, 6) is 0.669. The summed E-state index contributed by atoms with van der Waals surface area (Å²) in [7, 11) is 2.14. The van der Waals surface area contributed by atoms with E-state index in [4.69, 9.17) is 5.73 Å². The number of hydrogen-bond acceptors (Lipinski definition) is 2. The summed E-state index contributed by atoms with van der Waals surface area (Å²) < 4.78 is 0. The number of nitrogens with zero attached hydrogens (tertiary/aromatic N) is 1. The molecule has 0 saturated carbocycles. The summed E-state index contributed by atoms with van der Waals surface area (Å²) in [5, 5.41) is 0. The lowest BCUT2D eigenvalue weighted by atomic mass is 10.0. The largest absolute Gasteiger partial charge is 0.323 e. The van der Waals surface area contributed by atoms with E-state index in [0.717, 1.165) is 13.1 Å². The average Bonchev–Trinajstić information content (AvgIpc) is 2.47. The average molecular weight is 282 g/mol. The molecule has 0 bridgehead atoms. The molecule has 0 saturated heterocycles. The molecule has 1 unspecified atom stereocenters. The molecule has 0 aromatic heterocycles. The molecule has 0 heterocycles. The Morgan fingerprint density at radius 1 is 0.857 bits per heavy atom. The molecule has 0 radical (unpaired) electrons. The van der Waals surface area contributed by atoms with Gasteiger partial charge in [-0.15, -0.1) is 0 Å². The van der Waals surface area contributed by atoms with E-state index in [1.807, 2.05) is 6.07 Å². The molecule has 2 aromatic rings. The number of likely N-dealkylation sites (N-methyl/N-ethyl adjacent to an activating group) is 1. The van der Waals surface area contributed by atoms with Crippen molar-refractivity contribution < 1.29 is 0 Å². The van der Waals surface area contributed by atoms with Crippen molar-refractivity contribution in [2.75, 3.05) is 20.1 Å². The molecular formula is C19H26N2. The van der Waals surface area contributed by atoms with Gasteiger partial charge in [-0.05, 0) is 29.7 Å². The van der Waals surface area contributed by atoms with E-state index in [0.29, 0.717) is 5.92 Å². The van der Waals surface area contributed by atoms with E-state index in [1.54, 1.807) is 0 Å². The van der Waals surface area contributed by atoms with Crippen LogP contribution in [-0.2, 0) is 0 Å². The van der Waals surface area contributed by atoms with Gasteiger partial charge in [0.2, 0.25) is 0 Å². The first-order valence-corrected chi connectivity index (χ1v) is 7.65. The normalized spacial score (nSPS) is 12.9. The smallest absolute Gasteiger partial charge is 0.0424 e. The van der Waals surface area contributed by atoms with Crippen LogP contribution in [0.4, 0.5) is 0 Å². The predicted molar refractivity (Wildman–Crippen MR) is 91.1 cm³/mol. The molecule has 0 spiro atoms. The quantitative estimate of drug-likeness (QED) is 0.869. The third-order valence-electron chi connectivity index (χ3n) is 3.63. The highest BCUT2D eigenvalue weighted by atomic mass is 15.1. The van der Waals surface area contributed by atoms with Crippen LogP contribution in [0.1, 0.15) is 25.5 Å². The van der Waals surface area contributed by atoms with Crippen LogP contribution in [0.5, 0.6) is 0 Å². The van der Waals surface area contributed by atoms with Crippen molar-refractivity contribution in [2.45, 2.75) is 19.9 Å². The molecule has 2 rings (SSSR count). The van der Waals surface area contributed by atoms with Crippen molar-refractivity contribution in [3.63, 3.8) is 0 Å². The van der Waals surface area contributed by atoms with Gasteiger partial charge in [0, 0.05) is 19.1 Å². The molecular weight excluding hydrogens is 256 g/mol. The number of nitrogens with two attached hydrogens (primary N) is 1. The standard InChI is InChI=1S/C19H26N2/c1-15(2)13-21(3)14-19(20)18-11-9-17(10-12-18)16-7-5-4-6-8-16/h4-12,15,19H,13-14,20H2,1-3H3. The first-order chi connectivity index (χ1) is 10.1. The van der Waals surface area contributed by atoms with Gasteiger partial charge in [0.05, 0.1) is 0 Å². The molecule has 112 valence electrons. The van der Waals surface area contributed by atoms with E-state index in [2.05, 4.69) is 74.3 Å². The van der Waals surface area contributed by atoms with Gasteiger partial charge in [-0.1, -0.05) is 68.4 Å². The zero-order valence-electron chi connectivity index (χ0n) is 13.3. The monoisotopic (exact) mass is 282 g/mol. The first-order valence-electron chi connectivity index (χ1n) is 7.65. The fraction of sp³-hybridized carbons (Fsp3) is 0.368. The van der Waals surface area contributed by atoms with Crippen LogP contribution in [0.3, 0.4) is 0 Å². The lowest BCUT2D eigenvalue weighted by molar-refractivity contribution is 0.279. The van der Waals surface area contributed by atoms with Crippen LogP contribution in [0, 0.1) is 5.92 Å². The fourth-order valence-electron chi connectivity index (χ4n) is 2.69. The van der Waals surface area contributed by atoms with E-state index in [9.17, 15) is 0 Å². The first kappa shape index (κ1) is 15.7. The Kier molecular flexibility index (Phi) is 5.54. The van der Waals surface area contributed by atoms with E-state index in [-0.39, 0.29) is 6.04 Å². The molecule has 21 heavy (non-hydrogen) atoms. The van der Waals surface area contributed by atoms with Gasteiger partial charge < -0.3 is 10.6 Å². The van der Waals surface area contributed by atoms with Gasteiger partial charge in [-0.2, -0.15) is 0 Å². The van der Waals surface area contributed by atoms with Crippen molar-refractivity contribution in [3.8, 4) is 11.1 Å². The Hall–Kier alpha value is -1.64. The van der Waals surface area contributed by atoms with Gasteiger partial charge in [0.15, 0.2) is 0 Å². The van der Waals surface area contributed by atoms with Crippen LogP contribution in [0.2, 0.25) is 0 Å². The zero-order valence-corrected chi connectivity index (χ0v) is 13.3. The van der Waals surface area contributed by atoms with Crippen LogP contribution in [0.25, 0.3) is 11.1 Å². The lowest BCUT2D eigenvalue weighted by Crippen LogP contribution is -2.31. The Labute approximate surface area is 128 Å². The maximum absolute atomic E-state index is 6.32. The van der Waals surface area contributed by atoms with Crippen LogP contribution in [-0.4, -0.2) is 25.0 Å². The van der Waals surface area contributed by atoms with Crippen molar-refractivity contribution in [2.24, 2.45) is 11.7 Å². The zero-order chi connectivity index (χ0) is 15.2. The molecule has 2 nitrogen and oxygen atoms in total. The van der Waals surface area contributed by atoms with Gasteiger partial charge in [-0.3, -0.25) is 0 Å². The Balaban J connectivity index is 2.02. The fourth-order valence-corrected chi connectivity index (χ4v) is 2.69. The predicted octanol–water partition coefficient (Wildman–Crippen LogP) is 3.94. The minimum atomic E-state index is 0.0681. The molecule has 2 N–H and O–H groups in total. The van der Waals surface area contributed by atoms with E-state index < -0.39 is 0 Å². The second-order valence-corrected chi connectivity index (χ2v) is 6.21. The van der Waals surface area contributed by atoms with E-state index >= 15 is 0 Å². The molecule has 0 amide bonds. The van der Waals surface area contributed by atoms with E-state index in [1.165, 1.54) is 16.7 Å². The van der Waals surface area contributed by atoms with Crippen LogP contribution < -0.4 is 5.73 Å². The van der Waals surface area contributed by atoms with Gasteiger partial charge in [0.1, 0.15) is 0 Å². The second kappa shape index (κ2) is 7.39. The SMILES string of the molecule is CC(C)CN(C)CC(N)c1ccc(-c2ccccc2)cc1. The highest BCUT2D eigenvalue weighted by Gasteiger charge is 2.10. The van der Waals surface area contributed by atoms with Gasteiger partial charge in [0.25, 0.3) is 0 Å². The molecule has 0 fully saturated rings. The topological polar surface area (TPSA) is 29.3 Å². The summed E-state index contributed by atoms with van der Waals surface area (Å²) in [6.45, 7) is 6.44. The molecule has 1 atom stereocenters. The van der Waals surface area contributed by atoms with Crippen molar-refractivity contribution in [3.05, 3.63) is 60.2 Å². The molecule has 2 aromatic carbocycles. The summed E-state index contributed by atoms with van der Waals surface area (Å²) in [6, 6.07) is 19.1. The van der Waals surface area contributed by atoms with Crippen LogP contribution in [0.15, 0.2) is 54.6 Å². The minimum absolute atomic E-state index is 0.0681. The van der Waals surface area contributed by atoms with Crippen molar-refractivity contribution in [1.29, 1.82) is 0 Å². The third kappa shape index (κ3) is 4.69. The molecule has 0 aliphatic heterocycles. The molecule has 2 heteroatoms. The Bertz CT molecular complexity index is 531.